The Labute approximate surface area is 97.8 Å². The zero-order valence-electron chi connectivity index (χ0n) is 10.0. The first-order chi connectivity index (χ1) is 7.39. The van der Waals surface area contributed by atoms with Gasteiger partial charge in [0.15, 0.2) is 9.84 Å². The summed E-state index contributed by atoms with van der Waals surface area (Å²) in [7, 11) is -3.07. The van der Waals surface area contributed by atoms with Crippen LogP contribution in [-0.4, -0.2) is 27.3 Å². The van der Waals surface area contributed by atoms with Crippen molar-refractivity contribution in [3.63, 3.8) is 0 Å². The summed E-state index contributed by atoms with van der Waals surface area (Å²) in [5, 5.41) is 3.32. The highest BCUT2D eigenvalue weighted by molar-refractivity contribution is 7.90. The van der Waals surface area contributed by atoms with Gasteiger partial charge in [0.25, 0.3) is 0 Å². The van der Waals surface area contributed by atoms with Crippen molar-refractivity contribution in [2.45, 2.75) is 31.2 Å². The van der Waals surface area contributed by atoms with E-state index in [1.807, 2.05) is 12.1 Å². The lowest BCUT2D eigenvalue weighted by molar-refractivity contribution is 0.590. The average Bonchev–Trinajstić information content (AvgIpc) is 2.16. The van der Waals surface area contributed by atoms with Crippen LogP contribution in [0.1, 0.15) is 19.4 Å². The molecule has 0 fully saturated rings. The number of benzene rings is 1. The number of nitrogens with one attached hydrogen (secondary N) is 1. The molecule has 0 saturated heterocycles. The van der Waals surface area contributed by atoms with Crippen LogP contribution in [-0.2, 0) is 16.3 Å². The van der Waals surface area contributed by atoms with Crippen LogP contribution in [0.5, 0.6) is 0 Å². The molecule has 0 aliphatic heterocycles. The summed E-state index contributed by atoms with van der Waals surface area (Å²) in [5.41, 5.74) is 1.15. The Morgan fingerprint density at radius 2 is 1.75 bits per heavy atom. The summed E-state index contributed by atoms with van der Waals surface area (Å²) in [6.07, 6.45) is 2.14. The van der Waals surface area contributed by atoms with Crippen LogP contribution >= 0.6 is 0 Å². The van der Waals surface area contributed by atoms with Crippen molar-refractivity contribution in [2.24, 2.45) is 0 Å². The van der Waals surface area contributed by atoms with Crippen LogP contribution in [0.4, 0.5) is 0 Å². The first kappa shape index (κ1) is 13.2. The average molecular weight is 241 g/mol. The summed E-state index contributed by atoms with van der Waals surface area (Å²) < 4.78 is 22.5. The maximum atomic E-state index is 11.2. The molecule has 0 unspecified atom stereocenters. The predicted octanol–water partition coefficient (Wildman–Crippen LogP) is 1.63. The standard InChI is InChI=1S/C12H19NO2S/c1-10(2)13-9-8-11-4-6-12(7-5-11)16(3,14)15/h4-7,10,13H,8-9H2,1-3H3. The van der Waals surface area contributed by atoms with Crippen molar-refractivity contribution in [1.82, 2.24) is 5.32 Å². The van der Waals surface area contributed by atoms with Crippen molar-refractivity contribution < 1.29 is 8.42 Å². The number of sulfone groups is 1. The van der Waals surface area contributed by atoms with E-state index in [-0.39, 0.29) is 0 Å². The molecule has 3 nitrogen and oxygen atoms in total. The Bertz CT molecular complexity index is 421. The molecular weight excluding hydrogens is 222 g/mol. The highest BCUT2D eigenvalue weighted by Crippen LogP contribution is 2.10. The molecule has 1 N–H and O–H groups in total. The molecule has 1 aromatic carbocycles. The van der Waals surface area contributed by atoms with E-state index in [1.54, 1.807) is 12.1 Å². The fraction of sp³-hybridized carbons (Fsp3) is 0.500. The van der Waals surface area contributed by atoms with Crippen LogP contribution in [0.15, 0.2) is 29.2 Å². The van der Waals surface area contributed by atoms with E-state index >= 15 is 0 Å². The molecule has 0 aliphatic carbocycles. The molecule has 0 bridgehead atoms. The van der Waals surface area contributed by atoms with Gasteiger partial charge in [-0.2, -0.15) is 0 Å². The molecule has 0 radical (unpaired) electrons. The monoisotopic (exact) mass is 241 g/mol. The second kappa shape index (κ2) is 5.46. The zero-order chi connectivity index (χ0) is 12.2. The molecule has 90 valence electrons. The Morgan fingerprint density at radius 3 is 2.19 bits per heavy atom. The fourth-order valence-corrected chi connectivity index (χ4v) is 2.04. The number of rotatable bonds is 5. The van der Waals surface area contributed by atoms with E-state index in [0.717, 1.165) is 18.5 Å². The van der Waals surface area contributed by atoms with E-state index in [1.165, 1.54) is 6.26 Å². The summed E-state index contributed by atoms with van der Waals surface area (Å²) in [6.45, 7) is 5.12. The minimum Gasteiger partial charge on any atom is -0.314 e. The van der Waals surface area contributed by atoms with Crippen LogP contribution in [0.3, 0.4) is 0 Å². The zero-order valence-corrected chi connectivity index (χ0v) is 10.8. The Hall–Kier alpha value is -0.870. The molecule has 0 aliphatic rings. The van der Waals surface area contributed by atoms with Crippen molar-refractivity contribution >= 4 is 9.84 Å². The van der Waals surface area contributed by atoms with Gasteiger partial charge in [-0.05, 0) is 30.7 Å². The number of hydrogen-bond donors (Lipinski definition) is 1. The normalized spacial score (nSPS) is 12.0. The fourth-order valence-electron chi connectivity index (χ4n) is 1.41. The molecular formula is C12H19NO2S. The van der Waals surface area contributed by atoms with E-state index in [4.69, 9.17) is 0 Å². The second-order valence-electron chi connectivity index (χ2n) is 4.27. The van der Waals surface area contributed by atoms with Gasteiger partial charge in [-0.1, -0.05) is 26.0 Å². The van der Waals surface area contributed by atoms with Gasteiger partial charge >= 0.3 is 0 Å². The molecule has 0 aromatic heterocycles. The molecule has 0 heterocycles. The maximum Gasteiger partial charge on any atom is 0.175 e. The second-order valence-corrected chi connectivity index (χ2v) is 6.29. The van der Waals surface area contributed by atoms with Gasteiger partial charge in [-0.3, -0.25) is 0 Å². The van der Waals surface area contributed by atoms with Crippen molar-refractivity contribution in [2.75, 3.05) is 12.8 Å². The molecule has 1 aromatic rings. The van der Waals surface area contributed by atoms with E-state index in [0.29, 0.717) is 10.9 Å². The lowest BCUT2D eigenvalue weighted by atomic mass is 10.1. The lowest BCUT2D eigenvalue weighted by Gasteiger charge is -2.08. The van der Waals surface area contributed by atoms with E-state index < -0.39 is 9.84 Å². The van der Waals surface area contributed by atoms with Gasteiger partial charge in [0.05, 0.1) is 4.90 Å². The third kappa shape index (κ3) is 4.33. The van der Waals surface area contributed by atoms with Crippen molar-refractivity contribution in [3.8, 4) is 0 Å². The van der Waals surface area contributed by atoms with Gasteiger partial charge in [-0.25, -0.2) is 8.42 Å². The predicted molar refractivity (Wildman–Crippen MR) is 66.4 cm³/mol. The Kier molecular flexibility index (Phi) is 4.50. The largest absolute Gasteiger partial charge is 0.314 e. The van der Waals surface area contributed by atoms with Crippen LogP contribution in [0.25, 0.3) is 0 Å². The number of hydrogen-bond acceptors (Lipinski definition) is 3. The highest BCUT2D eigenvalue weighted by atomic mass is 32.2. The summed E-state index contributed by atoms with van der Waals surface area (Å²) >= 11 is 0. The SMILES string of the molecule is CC(C)NCCc1ccc(S(C)(=O)=O)cc1. The molecule has 1 rings (SSSR count). The van der Waals surface area contributed by atoms with Gasteiger partial charge in [0, 0.05) is 12.3 Å². The third-order valence-electron chi connectivity index (χ3n) is 2.32. The first-order valence-corrected chi connectivity index (χ1v) is 7.31. The maximum absolute atomic E-state index is 11.2. The quantitative estimate of drug-likeness (QED) is 0.852. The highest BCUT2D eigenvalue weighted by Gasteiger charge is 2.05. The van der Waals surface area contributed by atoms with Crippen LogP contribution < -0.4 is 5.32 Å². The summed E-state index contributed by atoms with van der Waals surface area (Å²) in [4.78, 5) is 0.382. The van der Waals surface area contributed by atoms with Crippen molar-refractivity contribution in [1.29, 1.82) is 0 Å². The van der Waals surface area contributed by atoms with Gasteiger partial charge < -0.3 is 5.32 Å². The molecule has 0 saturated carbocycles. The van der Waals surface area contributed by atoms with Crippen LogP contribution in [0.2, 0.25) is 0 Å². The Morgan fingerprint density at radius 1 is 1.19 bits per heavy atom. The molecule has 0 amide bonds. The van der Waals surface area contributed by atoms with Crippen molar-refractivity contribution in [3.05, 3.63) is 29.8 Å². The molecule has 0 atom stereocenters. The Balaban J connectivity index is 2.59. The van der Waals surface area contributed by atoms with Gasteiger partial charge in [0.1, 0.15) is 0 Å². The van der Waals surface area contributed by atoms with Crippen LogP contribution in [0, 0.1) is 0 Å². The smallest absolute Gasteiger partial charge is 0.175 e. The van der Waals surface area contributed by atoms with E-state index in [9.17, 15) is 8.42 Å². The van der Waals surface area contributed by atoms with Gasteiger partial charge in [-0.15, -0.1) is 0 Å². The third-order valence-corrected chi connectivity index (χ3v) is 3.45. The van der Waals surface area contributed by atoms with Gasteiger partial charge in [0.2, 0.25) is 0 Å². The minimum atomic E-state index is -3.07. The minimum absolute atomic E-state index is 0.382. The first-order valence-electron chi connectivity index (χ1n) is 5.42. The molecule has 16 heavy (non-hydrogen) atoms. The lowest BCUT2D eigenvalue weighted by Crippen LogP contribution is -2.24. The molecule has 4 heteroatoms. The molecule has 0 spiro atoms. The van der Waals surface area contributed by atoms with E-state index in [2.05, 4.69) is 19.2 Å². The topological polar surface area (TPSA) is 46.2 Å². The summed E-state index contributed by atoms with van der Waals surface area (Å²) in [5.74, 6) is 0. The summed E-state index contributed by atoms with van der Waals surface area (Å²) in [6, 6.07) is 7.56.